The van der Waals surface area contributed by atoms with Gasteiger partial charge in [0.1, 0.15) is 24.7 Å². The zero-order chi connectivity index (χ0) is 55.6. The fraction of sp³-hybridized carbons (Fsp3) is 0.634. The van der Waals surface area contributed by atoms with Gasteiger partial charge in [0.15, 0.2) is 0 Å². The lowest BCUT2D eigenvalue weighted by atomic mass is 9.95. The van der Waals surface area contributed by atoms with Crippen molar-refractivity contribution >= 4 is 18.0 Å². The van der Waals surface area contributed by atoms with Crippen LogP contribution in [0.25, 0.3) is 0 Å². The van der Waals surface area contributed by atoms with Gasteiger partial charge in [0.25, 0.3) is 6.10 Å². The predicted molar refractivity (Wildman–Crippen MR) is 212 cm³/mol. The molecule has 1 amide bonds. The molecule has 31 heteroatoms. The maximum absolute atomic E-state index is 13.4. The van der Waals surface area contributed by atoms with E-state index in [-0.39, 0.29) is 56.4 Å². The van der Waals surface area contributed by atoms with Crippen LogP contribution in [0.1, 0.15) is 49.9 Å². The highest BCUT2D eigenvalue weighted by molar-refractivity contribution is 5.74. The molecule has 0 aromatic heterocycles. The summed E-state index contributed by atoms with van der Waals surface area (Å²) in [6.45, 7) is 7.47. The van der Waals surface area contributed by atoms with Crippen LogP contribution in [0.3, 0.4) is 0 Å². The predicted octanol–water partition coefficient (Wildman–Crippen LogP) is 9.01. The third-order valence-electron chi connectivity index (χ3n) is 10.0. The Labute approximate surface area is 397 Å². The molecule has 2 heterocycles. The zero-order valence-corrected chi connectivity index (χ0v) is 38.0. The maximum atomic E-state index is 13.4. The van der Waals surface area contributed by atoms with E-state index in [9.17, 15) is 93.4 Å². The number of carbonyl (C=O) groups excluding carboxylic acids is 1. The molecule has 412 valence electrons. The lowest BCUT2D eigenvalue weighted by Gasteiger charge is -2.35. The van der Waals surface area contributed by atoms with E-state index in [0.717, 1.165) is 44.4 Å². The highest BCUT2D eigenvalue weighted by atomic mass is 19.4. The van der Waals surface area contributed by atoms with E-state index in [1.807, 2.05) is 0 Å². The number of carboxylic acids is 2. The number of aliphatic hydroxyl groups is 1. The largest absolute Gasteiger partial charge is 0.492 e. The van der Waals surface area contributed by atoms with Gasteiger partial charge >= 0.3 is 55.1 Å². The van der Waals surface area contributed by atoms with Crippen LogP contribution in [0.15, 0.2) is 36.4 Å². The number of aliphatic carboxylic acids is 2. The van der Waals surface area contributed by atoms with Crippen molar-refractivity contribution in [2.75, 3.05) is 65.6 Å². The molecule has 0 atom stereocenters. The van der Waals surface area contributed by atoms with Crippen LogP contribution >= 0.6 is 0 Å². The number of halogens is 18. The molecule has 0 unspecified atom stereocenters. The van der Waals surface area contributed by atoms with Gasteiger partial charge < -0.3 is 39.7 Å². The topological polar surface area (TPSA) is 161 Å². The minimum Gasteiger partial charge on any atom is -0.492 e. The first-order valence-electron chi connectivity index (χ1n) is 20.6. The van der Waals surface area contributed by atoms with Gasteiger partial charge in [-0.3, -0.25) is 19.4 Å². The Balaban J connectivity index is 0.000000434. The molecule has 2 aromatic carbocycles. The van der Waals surface area contributed by atoms with E-state index in [2.05, 4.69) is 15.0 Å². The lowest BCUT2D eigenvalue weighted by Crippen LogP contribution is -2.52. The Morgan fingerprint density at radius 3 is 1.18 bits per heavy atom. The zero-order valence-electron chi connectivity index (χ0n) is 38.0. The number of piperazine rings is 2. The average Bonchev–Trinajstić information content (AvgIpc) is 3.22. The minimum atomic E-state index is -5.86. The SMILES string of the molecule is CC(C)(COc1cc(CN2CCN(C(=O)OC(C(F)(F)F)C(F)(F)F)CC2)cc(C(F)(F)F)c1)C(=O)O.CC(C)(COc1cc(CN2CCNCC2)cc(C(F)(F)F)c1)C(=O)O.OC(C(F)(F)F)C(F)(F)F. The number of aliphatic hydroxyl groups excluding tert-OH is 1. The second kappa shape index (κ2) is 24.2. The van der Waals surface area contributed by atoms with Crippen LogP contribution in [0.5, 0.6) is 11.5 Å². The number of hydrogen-bond acceptors (Lipinski definition) is 10. The van der Waals surface area contributed by atoms with E-state index in [1.165, 1.54) is 38.7 Å². The molecule has 0 aliphatic carbocycles. The van der Waals surface area contributed by atoms with Crippen LogP contribution < -0.4 is 14.8 Å². The number of benzene rings is 2. The second-order valence-electron chi connectivity index (χ2n) is 17.3. The van der Waals surface area contributed by atoms with Gasteiger partial charge in [-0.1, -0.05) is 0 Å². The fourth-order valence-electron chi connectivity index (χ4n) is 5.80. The Morgan fingerprint density at radius 2 is 0.889 bits per heavy atom. The van der Waals surface area contributed by atoms with Crippen molar-refractivity contribution in [1.29, 1.82) is 0 Å². The molecule has 2 aliphatic rings. The number of ether oxygens (including phenoxy) is 3. The molecule has 0 spiro atoms. The highest BCUT2D eigenvalue weighted by Gasteiger charge is 2.60. The lowest BCUT2D eigenvalue weighted by molar-refractivity contribution is -0.309. The summed E-state index contributed by atoms with van der Waals surface area (Å²) >= 11 is 0. The van der Waals surface area contributed by atoms with E-state index in [4.69, 9.17) is 24.8 Å². The van der Waals surface area contributed by atoms with Crippen LogP contribution in [-0.4, -0.2) is 151 Å². The van der Waals surface area contributed by atoms with Crippen molar-refractivity contribution in [3.63, 3.8) is 0 Å². The molecule has 2 aromatic rings. The standard InChI is InChI=1S/C21H23F9N2O5.C17H23F3N2O3.C3H2F6O/c1-18(2,16(33)34)11-36-14-8-12(7-13(9-14)19(22,23)24)10-31-3-5-32(6-4-31)17(35)37-15(20(25,26)27)21(28,29)30;1-16(2,15(23)24)11-25-14-8-12(7-13(9-14)17(18,19)20)10-22-5-3-21-4-6-22;4-2(5,6)1(10)3(7,8)9/h7-9,15H,3-6,10-11H2,1-2H3,(H,33,34);7-9,21H,3-6,10-11H2,1-2H3,(H,23,24);1,10H. The summed E-state index contributed by atoms with van der Waals surface area (Å²) in [4.78, 5) is 38.4. The molecule has 4 rings (SSSR count). The van der Waals surface area contributed by atoms with Crippen LogP contribution in [0, 0.1) is 10.8 Å². The number of carbonyl (C=O) groups is 3. The van der Waals surface area contributed by atoms with Crippen LogP contribution in [-0.2, 0) is 39.8 Å². The normalized spacial score (nSPS) is 16.1. The smallest absolute Gasteiger partial charge is 0.434 e. The molecule has 4 N–H and O–H groups in total. The second-order valence-corrected chi connectivity index (χ2v) is 17.3. The van der Waals surface area contributed by atoms with E-state index in [0.29, 0.717) is 23.1 Å². The summed E-state index contributed by atoms with van der Waals surface area (Å²) in [6.07, 6.45) is -42.6. The number of alkyl halides is 18. The number of amides is 1. The number of carboxylic acid groups (broad SMARTS) is 2. The highest BCUT2D eigenvalue weighted by Crippen LogP contribution is 2.38. The number of hydrogen-bond donors (Lipinski definition) is 4. The van der Waals surface area contributed by atoms with Crippen molar-refractivity contribution in [1.82, 2.24) is 20.0 Å². The van der Waals surface area contributed by atoms with Gasteiger partial charge in [0.05, 0.1) is 22.0 Å². The number of rotatable bonds is 13. The van der Waals surface area contributed by atoms with E-state index >= 15 is 0 Å². The molecule has 13 nitrogen and oxygen atoms in total. The van der Waals surface area contributed by atoms with Gasteiger partial charge in [-0.2, -0.15) is 79.0 Å². The minimum absolute atomic E-state index is 0.0364. The third kappa shape index (κ3) is 20.7. The summed E-state index contributed by atoms with van der Waals surface area (Å²) in [5.41, 5.74) is -3.84. The van der Waals surface area contributed by atoms with Gasteiger partial charge in [-0.15, -0.1) is 0 Å². The maximum Gasteiger partial charge on any atom is 0.434 e. The molecule has 72 heavy (non-hydrogen) atoms. The Bertz CT molecular complexity index is 2070. The molecule has 0 bridgehead atoms. The first-order valence-corrected chi connectivity index (χ1v) is 20.6. The van der Waals surface area contributed by atoms with Crippen LogP contribution in [0.4, 0.5) is 83.8 Å². The number of nitrogens with zero attached hydrogens (tertiary/aromatic N) is 3. The Morgan fingerprint density at radius 1 is 0.542 bits per heavy atom. The van der Waals surface area contributed by atoms with Crippen molar-refractivity contribution in [3.8, 4) is 11.5 Å². The summed E-state index contributed by atoms with van der Waals surface area (Å²) in [6, 6.07) is 6.37. The fourth-order valence-corrected chi connectivity index (χ4v) is 5.80. The van der Waals surface area contributed by atoms with Gasteiger partial charge in [0, 0.05) is 65.4 Å². The Hall–Kier alpha value is -5.17. The van der Waals surface area contributed by atoms with Gasteiger partial charge in [-0.25, -0.2) is 4.79 Å². The van der Waals surface area contributed by atoms with Crippen molar-refractivity contribution in [2.24, 2.45) is 10.8 Å². The van der Waals surface area contributed by atoms with E-state index < -0.39 is 95.9 Å². The van der Waals surface area contributed by atoms with Crippen LogP contribution in [0.2, 0.25) is 0 Å². The summed E-state index contributed by atoms with van der Waals surface area (Å²) < 4.78 is 235. The quantitative estimate of drug-likeness (QED) is 0.141. The molecule has 2 fully saturated rings. The summed E-state index contributed by atoms with van der Waals surface area (Å²) in [7, 11) is 0. The first kappa shape index (κ1) is 62.9. The number of nitrogens with one attached hydrogen (secondary N) is 1. The molecule has 2 aliphatic heterocycles. The van der Waals surface area contributed by atoms with Crippen molar-refractivity contribution in [3.05, 3.63) is 58.7 Å². The third-order valence-corrected chi connectivity index (χ3v) is 10.0. The molecular formula is C41H48F18N4O9. The molecule has 2 saturated heterocycles. The molecule has 0 radical (unpaired) electrons. The molecular weight excluding hydrogens is 1030 g/mol. The van der Waals surface area contributed by atoms with E-state index in [1.54, 1.807) is 6.07 Å². The average molecular weight is 1080 g/mol. The van der Waals surface area contributed by atoms with Crippen molar-refractivity contribution < 1.29 is 123 Å². The van der Waals surface area contributed by atoms with Crippen molar-refractivity contribution in [2.45, 2.75) is 90.1 Å². The van der Waals surface area contributed by atoms with Gasteiger partial charge in [0.2, 0.25) is 6.10 Å². The van der Waals surface area contributed by atoms with Gasteiger partial charge in [-0.05, 0) is 75.2 Å². The monoisotopic (exact) mass is 1080 g/mol. The summed E-state index contributed by atoms with van der Waals surface area (Å²) in [5, 5.41) is 28.9. The molecule has 0 saturated carbocycles. The first-order chi connectivity index (χ1) is 32.4. The Kier molecular flexibility index (Phi) is 21.2. The summed E-state index contributed by atoms with van der Waals surface area (Å²) in [5.74, 6) is -2.51.